The quantitative estimate of drug-likeness (QED) is 0.819. The number of ether oxygens (including phenoxy) is 1. The number of anilines is 1. The molecule has 112 valence electrons. The van der Waals surface area contributed by atoms with Crippen molar-refractivity contribution in [2.45, 2.75) is 5.75 Å². The van der Waals surface area contributed by atoms with Crippen LogP contribution in [0.1, 0.15) is 5.56 Å². The van der Waals surface area contributed by atoms with Crippen LogP contribution in [0.25, 0.3) is 0 Å². The van der Waals surface area contributed by atoms with E-state index in [0.717, 1.165) is 5.56 Å². The van der Waals surface area contributed by atoms with Gasteiger partial charge in [0.15, 0.2) is 0 Å². The molecule has 0 aliphatic rings. The molecule has 0 aliphatic heterocycles. The lowest BCUT2D eigenvalue weighted by molar-refractivity contribution is 0.330. The predicted octanol–water partition coefficient (Wildman–Crippen LogP) is 1.97. The van der Waals surface area contributed by atoms with Crippen molar-refractivity contribution in [2.75, 3.05) is 17.9 Å². The smallest absolute Gasteiger partial charge is 0.237 e. The van der Waals surface area contributed by atoms with E-state index in [9.17, 15) is 8.42 Å². The van der Waals surface area contributed by atoms with E-state index in [1.165, 1.54) is 0 Å². The first-order valence-corrected chi connectivity index (χ1v) is 8.22. The molecule has 0 aromatic heterocycles. The third-order valence-corrected chi connectivity index (χ3v) is 3.97. The highest BCUT2D eigenvalue weighted by atomic mass is 32.2. The first-order chi connectivity index (χ1) is 10.1. The molecular formula is C15H18N2O3S. The Hall–Kier alpha value is -2.05. The van der Waals surface area contributed by atoms with Gasteiger partial charge in [-0.3, -0.25) is 4.72 Å². The molecular weight excluding hydrogens is 288 g/mol. The van der Waals surface area contributed by atoms with Gasteiger partial charge in [0.2, 0.25) is 10.0 Å². The Kier molecular flexibility index (Phi) is 5.19. The molecule has 0 unspecified atom stereocenters. The molecule has 0 fully saturated rings. The van der Waals surface area contributed by atoms with E-state index < -0.39 is 10.0 Å². The monoisotopic (exact) mass is 306 g/mol. The zero-order valence-electron chi connectivity index (χ0n) is 11.5. The summed E-state index contributed by atoms with van der Waals surface area (Å²) in [5.74, 6) is 0.388. The maximum atomic E-state index is 12.2. The Balaban J connectivity index is 2.13. The fourth-order valence-electron chi connectivity index (χ4n) is 1.84. The van der Waals surface area contributed by atoms with Crippen molar-refractivity contribution in [1.29, 1.82) is 0 Å². The van der Waals surface area contributed by atoms with Crippen molar-refractivity contribution >= 4 is 15.7 Å². The lowest BCUT2D eigenvalue weighted by Crippen LogP contribution is -2.17. The van der Waals surface area contributed by atoms with Gasteiger partial charge in [0.25, 0.3) is 0 Å². The van der Waals surface area contributed by atoms with Gasteiger partial charge in [0.05, 0.1) is 11.4 Å². The number of benzene rings is 2. The fraction of sp³-hybridized carbons (Fsp3) is 0.200. The molecule has 6 heteroatoms. The van der Waals surface area contributed by atoms with E-state index in [1.54, 1.807) is 36.4 Å². The molecule has 0 bridgehead atoms. The second-order valence-corrected chi connectivity index (χ2v) is 6.20. The van der Waals surface area contributed by atoms with Crippen molar-refractivity contribution in [1.82, 2.24) is 0 Å². The molecule has 0 saturated carbocycles. The third-order valence-electron chi connectivity index (χ3n) is 2.73. The van der Waals surface area contributed by atoms with Crippen molar-refractivity contribution in [3.05, 3.63) is 60.2 Å². The largest absolute Gasteiger partial charge is 0.490 e. The SMILES string of the molecule is NCCOc1ccccc1NS(=O)(=O)Cc1ccccc1. The predicted molar refractivity (Wildman–Crippen MR) is 83.7 cm³/mol. The number of nitrogens with two attached hydrogens (primary N) is 1. The van der Waals surface area contributed by atoms with E-state index in [1.807, 2.05) is 18.2 Å². The molecule has 5 nitrogen and oxygen atoms in total. The Labute approximate surface area is 124 Å². The number of sulfonamides is 1. The average Bonchev–Trinajstić information content (AvgIpc) is 2.46. The van der Waals surface area contributed by atoms with Gasteiger partial charge in [0.1, 0.15) is 12.4 Å². The van der Waals surface area contributed by atoms with Crippen LogP contribution in [0.15, 0.2) is 54.6 Å². The molecule has 0 radical (unpaired) electrons. The molecule has 3 N–H and O–H groups in total. The summed E-state index contributed by atoms with van der Waals surface area (Å²) in [6.45, 7) is 0.697. The van der Waals surface area contributed by atoms with Crippen LogP contribution in [0.5, 0.6) is 5.75 Å². The lowest BCUT2D eigenvalue weighted by Gasteiger charge is -2.13. The summed E-state index contributed by atoms with van der Waals surface area (Å²) >= 11 is 0. The Bertz CT molecular complexity index is 672. The molecule has 0 heterocycles. The third kappa shape index (κ3) is 4.77. The average molecular weight is 306 g/mol. The zero-order chi connectivity index (χ0) is 15.1. The normalized spacial score (nSPS) is 11.1. The summed E-state index contributed by atoms with van der Waals surface area (Å²) in [5.41, 5.74) is 6.54. The summed E-state index contributed by atoms with van der Waals surface area (Å²) in [7, 11) is -3.50. The molecule has 2 aromatic carbocycles. The van der Waals surface area contributed by atoms with Crippen LogP contribution in [-0.4, -0.2) is 21.6 Å². The van der Waals surface area contributed by atoms with Gasteiger partial charge < -0.3 is 10.5 Å². The van der Waals surface area contributed by atoms with Gasteiger partial charge in [-0.05, 0) is 17.7 Å². The fourth-order valence-corrected chi connectivity index (χ4v) is 3.05. The van der Waals surface area contributed by atoms with E-state index in [4.69, 9.17) is 10.5 Å². The highest BCUT2D eigenvalue weighted by molar-refractivity contribution is 7.91. The lowest BCUT2D eigenvalue weighted by atomic mass is 10.2. The number of rotatable bonds is 7. The van der Waals surface area contributed by atoms with E-state index in [-0.39, 0.29) is 5.75 Å². The summed E-state index contributed by atoms with van der Waals surface area (Å²) in [6, 6.07) is 15.9. The standard InChI is InChI=1S/C15H18N2O3S/c16-10-11-20-15-9-5-4-8-14(15)17-21(18,19)12-13-6-2-1-3-7-13/h1-9,17H,10-12,16H2. The minimum atomic E-state index is -3.50. The molecule has 21 heavy (non-hydrogen) atoms. The number of para-hydroxylation sites is 2. The Morgan fingerprint density at radius 1 is 1.00 bits per heavy atom. The van der Waals surface area contributed by atoms with E-state index in [2.05, 4.69) is 4.72 Å². The van der Waals surface area contributed by atoms with Crippen molar-refractivity contribution in [3.63, 3.8) is 0 Å². The molecule has 0 spiro atoms. The number of hydrogen-bond acceptors (Lipinski definition) is 4. The highest BCUT2D eigenvalue weighted by Gasteiger charge is 2.14. The molecule has 2 rings (SSSR count). The molecule has 2 aromatic rings. The molecule has 0 saturated heterocycles. The van der Waals surface area contributed by atoms with E-state index in [0.29, 0.717) is 24.6 Å². The molecule has 0 atom stereocenters. The molecule has 0 aliphatic carbocycles. The summed E-state index contributed by atoms with van der Waals surface area (Å²) < 4.78 is 32.4. The van der Waals surface area contributed by atoms with Crippen LogP contribution in [0, 0.1) is 0 Å². The summed E-state index contributed by atoms with van der Waals surface area (Å²) in [5, 5.41) is 0. The van der Waals surface area contributed by atoms with Crippen molar-refractivity contribution in [3.8, 4) is 5.75 Å². The maximum Gasteiger partial charge on any atom is 0.237 e. The number of nitrogens with one attached hydrogen (secondary N) is 1. The van der Waals surface area contributed by atoms with Crippen LogP contribution in [0.3, 0.4) is 0 Å². The minimum absolute atomic E-state index is 0.0843. The second kappa shape index (κ2) is 7.10. The van der Waals surface area contributed by atoms with Crippen LogP contribution in [0.4, 0.5) is 5.69 Å². The van der Waals surface area contributed by atoms with Gasteiger partial charge >= 0.3 is 0 Å². The van der Waals surface area contributed by atoms with Crippen LogP contribution in [0.2, 0.25) is 0 Å². The van der Waals surface area contributed by atoms with Crippen molar-refractivity contribution < 1.29 is 13.2 Å². The first kappa shape index (κ1) is 15.3. The van der Waals surface area contributed by atoms with Gasteiger partial charge in [-0.15, -0.1) is 0 Å². The summed E-state index contributed by atoms with van der Waals surface area (Å²) in [6.07, 6.45) is 0. The Morgan fingerprint density at radius 3 is 2.38 bits per heavy atom. The van der Waals surface area contributed by atoms with Gasteiger partial charge in [0, 0.05) is 6.54 Å². The topological polar surface area (TPSA) is 81.4 Å². The van der Waals surface area contributed by atoms with Crippen LogP contribution in [-0.2, 0) is 15.8 Å². The summed E-state index contributed by atoms with van der Waals surface area (Å²) in [4.78, 5) is 0. The minimum Gasteiger partial charge on any atom is -0.490 e. The zero-order valence-corrected chi connectivity index (χ0v) is 12.3. The highest BCUT2D eigenvalue weighted by Crippen LogP contribution is 2.25. The van der Waals surface area contributed by atoms with Crippen molar-refractivity contribution in [2.24, 2.45) is 5.73 Å². The van der Waals surface area contributed by atoms with Gasteiger partial charge in [-0.1, -0.05) is 42.5 Å². The van der Waals surface area contributed by atoms with Crippen LogP contribution >= 0.6 is 0 Å². The Morgan fingerprint density at radius 2 is 1.67 bits per heavy atom. The van der Waals surface area contributed by atoms with Crippen LogP contribution < -0.4 is 15.2 Å². The van der Waals surface area contributed by atoms with Gasteiger partial charge in [-0.2, -0.15) is 0 Å². The maximum absolute atomic E-state index is 12.2. The number of hydrogen-bond donors (Lipinski definition) is 2. The first-order valence-electron chi connectivity index (χ1n) is 6.57. The van der Waals surface area contributed by atoms with E-state index >= 15 is 0 Å². The molecule has 0 amide bonds. The van der Waals surface area contributed by atoms with Gasteiger partial charge in [-0.25, -0.2) is 8.42 Å². The second-order valence-electron chi connectivity index (χ2n) is 4.48.